The van der Waals surface area contributed by atoms with Gasteiger partial charge in [0.25, 0.3) is 0 Å². The van der Waals surface area contributed by atoms with E-state index in [0.717, 1.165) is 19.3 Å². The van der Waals surface area contributed by atoms with Crippen LogP contribution in [0.4, 0.5) is 0 Å². The summed E-state index contributed by atoms with van der Waals surface area (Å²) in [5.74, 6) is 6.09. The molecule has 15 heavy (non-hydrogen) atoms. The third kappa shape index (κ3) is 3.85. The molecule has 0 spiro atoms. The zero-order chi connectivity index (χ0) is 11.9. The number of likely N-dealkylation sites (N-methyl/N-ethyl adjacent to an activating group) is 2. The first kappa shape index (κ1) is 14.5. The van der Waals surface area contributed by atoms with Gasteiger partial charge in [-0.25, -0.2) is 0 Å². The van der Waals surface area contributed by atoms with Crippen molar-refractivity contribution in [2.75, 3.05) is 21.1 Å². The summed E-state index contributed by atoms with van der Waals surface area (Å²) in [7, 11) is 6.35. The van der Waals surface area contributed by atoms with Gasteiger partial charge in [0.05, 0.1) is 0 Å². The van der Waals surface area contributed by atoms with Crippen LogP contribution in [0.15, 0.2) is 0 Å². The topological polar surface area (TPSA) is 15.3 Å². The van der Waals surface area contributed by atoms with Crippen LogP contribution in [-0.2, 0) is 0 Å². The van der Waals surface area contributed by atoms with Gasteiger partial charge >= 0.3 is 0 Å². The van der Waals surface area contributed by atoms with E-state index in [1.807, 2.05) is 14.0 Å². The molecule has 1 N–H and O–H groups in total. The Morgan fingerprint density at radius 3 is 2.33 bits per heavy atom. The van der Waals surface area contributed by atoms with Crippen LogP contribution >= 0.6 is 0 Å². The molecular weight excluding hydrogens is 184 g/mol. The van der Waals surface area contributed by atoms with Gasteiger partial charge in [-0.3, -0.25) is 0 Å². The fourth-order valence-electron chi connectivity index (χ4n) is 1.98. The minimum Gasteiger partial charge on any atom is -0.315 e. The van der Waals surface area contributed by atoms with Gasteiger partial charge in [0.1, 0.15) is 0 Å². The van der Waals surface area contributed by atoms with E-state index in [-0.39, 0.29) is 5.54 Å². The highest BCUT2D eigenvalue weighted by Gasteiger charge is 2.32. The van der Waals surface area contributed by atoms with Crippen molar-refractivity contribution in [2.24, 2.45) is 0 Å². The summed E-state index contributed by atoms with van der Waals surface area (Å²) in [6.45, 7) is 6.46. The monoisotopic (exact) mass is 210 g/mol. The molecule has 0 saturated carbocycles. The molecule has 0 fully saturated rings. The van der Waals surface area contributed by atoms with Gasteiger partial charge in [-0.15, -0.1) is 11.8 Å². The van der Waals surface area contributed by atoms with E-state index >= 15 is 0 Å². The third-order valence-electron chi connectivity index (χ3n) is 3.57. The van der Waals surface area contributed by atoms with Gasteiger partial charge in [0.2, 0.25) is 0 Å². The summed E-state index contributed by atoms with van der Waals surface area (Å²) in [6, 6.07) is 0.498. The zero-order valence-electron chi connectivity index (χ0n) is 11.1. The second-order valence-corrected chi connectivity index (χ2v) is 4.41. The van der Waals surface area contributed by atoms with Crippen molar-refractivity contribution in [3.05, 3.63) is 0 Å². The molecule has 2 heteroatoms. The minimum atomic E-state index is 0.212. The molecule has 0 aliphatic rings. The van der Waals surface area contributed by atoms with Crippen molar-refractivity contribution in [1.82, 2.24) is 10.2 Å². The summed E-state index contributed by atoms with van der Waals surface area (Å²) < 4.78 is 0. The van der Waals surface area contributed by atoms with E-state index in [4.69, 9.17) is 0 Å². The second-order valence-electron chi connectivity index (χ2n) is 4.41. The molecule has 0 saturated heterocycles. The van der Waals surface area contributed by atoms with Gasteiger partial charge in [0.15, 0.2) is 0 Å². The number of nitrogens with zero attached hydrogens (tertiary/aromatic N) is 1. The molecule has 0 aromatic carbocycles. The Balaban J connectivity index is 4.51. The Labute approximate surface area is 95.4 Å². The van der Waals surface area contributed by atoms with Crippen LogP contribution in [0, 0.1) is 11.8 Å². The third-order valence-corrected chi connectivity index (χ3v) is 3.57. The van der Waals surface area contributed by atoms with Crippen LogP contribution in [0.2, 0.25) is 0 Å². The molecule has 88 valence electrons. The SMILES string of the molecule is CC#CCCC(NC)C(C)(CC)N(C)C. The lowest BCUT2D eigenvalue weighted by Crippen LogP contribution is -2.55. The molecule has 0 aromatic heterocycles. The summed E-state index contributed by atoms with van der Waals surface area (Å²) >= 11 is 0. The molecule has 0 aliphatic heterocycles. The lowest BCUT2D eigenvalue weighted by molar-refractivity contribution is 0.113. The molecule has 0 heterocycles. The van der Waals surface area contributed by atoms with Crippen LogP contribution < -0.4 is 5.32 Å². The minimum absolute atomic E-state index is 0.212. The Bertz CT molecular complexity index is 224. The predicted octanol–water partition coefficient (Wildman–Crippen LogP) is 2.11. The zero-order valence-corrected chi connectivity index (χ0v) is 11.1. The average molecular weight is 210 g/mol. The van der Waals surface area contributed by atoms with Crippen molar-refractivity contribution >= 4 is 0 Å². The first-order valence-corrected chi connectivity index (χ1v) is 5.77. The maximum Gasteiger partial charge on any atom is 0.0325 e. The standard InChI is InChI=1S/C13H26N2/c1-7-9-10-11-12(14-4)13(3,8-2)15(5)6/h12,14H,8,10-11H2,1-6H3. The summed E-state index contributed by atoms with van der Waals surface area (Å²) in [6.07, 6.45) is 3.23. The van der Waals surface area contributed by atoms with Crippen LogP contribution in [0.3, 0.4) is 0 Å². The first-order chi connectivity index (χ1) is 7.02. The first-order valence-electron chi connectivity index (χ1n) is 5.77. The maximum atomic E-state index is 3.42. The number of nitrogens with one attached hydrogen (secondary N) is 1. The summed E-state index contributed by atoms with van der Waals surface area (Å²) in [5, 5.41) is 3.42. The number of rotatable bonds is 6. The van der Waals surface area contributed by atoms with Gasteiger partial charge in [-0.2, -0.15) is 0 Å². The van der Waals surface area contributed by atoms with Gasteiger partial charge in [0, 0.05) is 18.0 Å². The van der Waals surface area contributed by atoms with E-state index in [1.165, 1.54) is 0 Å². The van der Waals surface area contributed by atoms with Crippen molar-refractivity contribution in [3.8, 4) is 11.8 Å². The van der Waals surface area contributed by atoms with Crippen molar-refractivity contribution in [3.63, 3.8) is 0 Å². The van der Waals surface area contributed by atoms with Crippen molar-refractivity contribution < 1.29 is 0 Å². The maximum absolute atomic E-state index is 3.42. The highest BCUT2D eigenvalue weighted by atomic mass is 15.2. The lowest BCUT2D eigenvalue weighted by Gasteiger charge is -2.42. The Hall–Kier alpha value is -0.520. The van der Waals surface area contributed by atoms with Gasteiger partial charge in [-0.1, -0.05) is 6.92 Å². The molecular formula is C13H26N2. The molecule has 0 aromatic rings. The highest BCUT2D eigenvalue weighted by Crippen LogP contribution is 2.23. The Morgan fingerprint density at radius 2 is 2.00 bits per heavy atom. The Kier molecular flexibility index (Phi) is 6.63. The summed E-state index contributed by atoms with van der Waals surface area (Å²) in [4.78, 5) is 2.31. The van der Waals surface area contributed by atoms with Gasteiger partial charge < -0.3 is 10.2 Å². The quantitative estimate of drug-likeness (QED) is 0.676. The second kappa shape index (κ2) is 6.87. The summed E-state index contributed by atoms with van der Waals surface area (Å²) in [5.41, 5.74) is 0.212. The van der Waals surface area contributed by atoms with E-state index < -0.39 is 0 Å². The van der Waals surface area contributed by atoms with Crippen LogP contribution in [0.5, 0.6) is 0 Å². The molecule has 0 bridgehead atoms. The molecule has 2 unspecified atom stereocenters. The van der Waals surface area contributed by atoms with Gasteiger partial charge in [-0.05, 0) is 47.8 Å². The van der Waals surface area contributed by atoms with E-state index in [2.05, 4.69) is 50.0 Å². The van der Waals surface area contributed by atoms with Crippen LogP contribution in [0.1, 0.15) is 40.0 Å². The molecule has 2 atom stereocenters. The highest BCUT2D eigenvalue weighted by molar-refractivity contribution is 4.99. The molecule has 0 rings (SSSR count). The van der Waals surface area contributed by atoms with E-state index in [1.54, 1.807) is 0 Å². The lowest BCUT2D eigenvalue weighted by atomic mass is 9.85. The normalized spacial score (nSPS) is 16.7. The van der Waals surface area contributed by atoms with Crippen LogP contribution in [-0.4, -0.2) is 37.6 Å². The molecule has 0 aliphatic carbocycles. The molecule has 0 amide bonds. The largest absolute Gasteiger partial charge is 0.315 e. The van der Waals surface area contributed by atoms with E-state index in [0.29, 0.717) is 6.04 Å². The van der Waals surface area contributed by atoms with E-state index in [9.17, 15) is 0 Å². The average Bonchev–Trinajstić information content (AvgIpc) is 2.23. The van der Waals surface area contributed by atoms with Crippen molar-refractivity contribution in [2.45, 2.75) is 51.6 Å². The fraction of sp³-hybridized carbons (Fsp3) is 0.846. The Morgan fingerprint density at radius 1 is 1.40 bits per heavy atom. The predicted molar refractivity (Wildman–Crippen MR) is 67.9 cm³/mol. The fourth-order valence-corrected chi connectivity index (χ4v) is 1.98. The molecule has 2 nitrogen and oxygen atoms in total. The smallest absolute Gasteiger partial charge is 0.0325 e. The number of hydrogen-bond acceptors (Lipinski definition) is 2. The number of hydrogen-bond donors (Lipinski definition) is 1. The van der Waals surface area contributed by atoms with Crippen molar-refractivity contribution in [1.29, 1.82) is 0 Å². The van der Waals surface area contributed by atoms with Crippen LogP contribution in [0.25, 0.3) is 0 Å². The molecule has 0 radical (unpaired) electrons.